The molecule has 4 aromatic rings. The van der Waals surface area contributed by atoms with E-state index in [9.17, 15) is 4.79 Å². The molecule has 0 aliphatic rings. The van der Waals surface area contributed by atoms with Crippen LogP contribution in [0.25, 0.3) is 17.1 Å². The lowest BCUT2D eigenvalue weighted by Gasteiger charge is -2.16. The Morgan fingerprint density at radius 2 is 1.94 bits per heavy atom. The van der Waals surface area contributed by atoms with Crippen molar-refractivity contribution in [1.29, 1.82) is 0 Å². The van der Waals surface area contributed by atoms with E-state index in [0.717, 1.165) is 28.1 Å². The predicted molar refractivity (Wildman–Crippen MR) is 127 cm³/mol. The van der Waals surface area contributed by atoms with E-state index < -0.39 is 0 Å². The molecule has 0 fully saturated rings. The third-order valence-electron chi connectivity index (χ3n) is 5.08. The number of amides is 1. The second-order valence-corrected chi connectivity index (χ2v) is 8.88. The maximum atomic E-state index is 12.7. The molecular formula is C24H23ClN4O2S. The normalized spacial score (nSPS) is 11.0. The number of rotatable bonds is 7. The smallest absolute Gasteiger partial charge is 0.233 e. The third-order valence-corrected chi connectivity index (χ3v) is 6.32. The van der Waals surface area contributed by atoms with Crippen LogP contribution in [0.4, 0.5) is 0 Å². The highest BCUT2D eigenvalue weighted by molar-refractivity contribution is 7.99. The Morgan fingerprint density at radius 1 is 1.12 bits per heavy atom. The van der Waals surface area contributed by atoms with Crippen LogP contribution in [0.3, 0.4) is 0 Å². The maximum Gasteiger partial charge on any atom is 0.233 e. The van der Waals surface area contributed by atoms with Gasteiger partial charge in [-0.15, -0.1) is 10.2 Å². The van der Waals surface area contributed by atoms with Crippen LogP contribution >= 0.6 is 23.4 Å². The van der Waals surface area contributed by atoms with Crippen LogP contribution in [0.15, 0.2) is 70.4 Å². The number of nitrogens with zero attached hydrogens (tertiary/aromatic N) is 4. The van der Waals surface area contributed by atoms with Gasteiger partial charge in [0.25, 0.3) is 0 Å². The minimum Gasteiger partial charge on any atom is -0.467 e. The molecule has 6 nitrogen and oxygen atoms in total. The number of hydrogen-bond acceptors (Lipinski definition) is 5. The molecule has 0 unspecified atom stereocenters. The zero-order valence-corrected chi connectivity index (χ0v) is 19.7. The summed E-state index contributed by atoms with van der Waals surface area (Å²) in [6.07, 6.45) is 1.60. The van der Waals surface area contributed by atoms with Crippen molar-refractivity contribution in [2.45, 2.75) is 25.5 Å². The number of aromatic nitrogens is 3. The second kappa shape index (κ2) is 9.63. The van der Waals surface area contributed by atoms with E-state index in [2.05, 4.69) is 28.4 Å². The summed E-state index contributed by atoms with van der Waals surface area (Å²) in [4.78, 5) is 14.4. The highest BCUT2D eigenvalue weighted by Gasteiger charge is 2.21. The molecule has 0 radical (unpaired) electrons. The molecular weight excluding hydrogens is 444 g/mol. The van der Waals surface area contributed by atoms with E-state index in [1.54, 1.807) is 18.2 Å². The molecule has 2 heterocycles. The van der Waals surface area contributed by atoms with Gasteiger partial charge in [0.15, 0.2) is 11.0 Å². The Labute approximate surface area is 196 Å². The Kier molecular flexibility index (Phi) is 6.67. The van der Waals surface area contributed by atoms with Crippen molar-refractivity contribution in [3.8, 4) is 17.1 Å². The van der Waals surface area contributed by atoms with Gasteiger partial charge in [0.05, 0.1) is 29.3 Å². The van der Waals surface area contributed by atoms with Gasteiger partial charge in [-0.2, -0.15) is 0 Å². The summed E-state index contributed by atoms with van der Waals surface area (Å²) < 4.78 is 7.32. The van der Waals surface area contributed by atoms with Gasteiger partial charge in [-0.25, -0.2) is 0 Å². The Bertz CT molecular complexity index is 1240. The Morgan fingerprint density at radius 3 is 2.69 bits per heavy atom. The van der Waals surface area contributed by atoms with Gasteiger partial charge in [-0.3, -0.25) is 9.36 Å². The summed E-state index contributed by atoms with van der Waals surface area (Å²) in [6, 6.07) is 17.4. The van der Waals surface area contributed by atoms with Crippen LogP contribution in [0.2, 0.25) is 5.02 Å². The molecule has 0 spiro atoms. The van der Waals surface area contributed by atoms with Gasteiger partial charge in [0, 0.05) is 12.6 Å². The van der Waals surface area contributed by atoms with Crippen LogP contribution in [-0.2, 0) is 11.3 Å². The van der Waals surface area contributed by atoms with Crippen molar-refractivity contribution in [3.63, 3.8) is 0 Å². The molecule has 164 valence electrons. The average molecular weight is 467 g/mol. The maximum absolute atomic E-state index is 12.7. The van der Waals surface area contributed by atoms with Crippen molar-refractivity contribution in [2.75, 3.05) is 12.8 Å². The number of thioether (sulfide) groups is 1. The molecule has 32 heavy (non-hydrogen) atoms. The largest absolute Gasteiger partial charge is 0.467 e. The van der Waals surface area contributed by atoms with Crippen LogP contribution in [0, 0.1) is 13.8 Å². The van der Waals surface area contributed by atoms with Crippen LogP contribution in [-0.4, -0.2) is 38.4 Å². The second-order valence-electron chi connectivity index (χ2n) is 7.53. The van der Waals surface area contributed by atoms with E-state index >= 15 is 0 Å². The quantitative estimate of drug-likeness (QED) is 0.334. The molecule has 0 atom stereocenters. The molecule has 0 N–H and O–H groups in total. The zero-order chi connectivity index (χ0) is 22.7. The monoisotopic (exact) mass is 466 g/mol. The van der Waals surface area contributed by atoms with E-state index in [0.29, 0.717) is 22.5 Å². The summed E-state index contributed by atoms with van der Waals surface area (Å²) in [5.74, 6) is 1.58. The molecule has 0 aliphatic carbocycles. The minimum atomic E-state index is -0.0267. The van der Waals surface area contributed by atoms with Gasteiger partial charge in [0.2, 0.25) is 5.91 Å². The topological polar surface area (TPSA) is 64.2 Å². The van der Waals surface area contributed by atoms with Gasteiger partial charge < -0.3 is 9.32 Å². The number of carbonyl (C=O) groups excluding carboxylic acids is 1. The van der Waals surface area contributed by atoms with E-state index in [4.69, 9.17) is 16.0 Å². The van der Waals surface area contributed by atoms with Gasteiger partial charge in [-0.05, 0) is 55.3 Å². The van der Waals surface area contributed by atoms with Gasteiger partial charge >= 0.3 is 0 Å². The molecule has 8 heteroatoms. The summed E-state index contributed by atoms with van der Waals surface area (Å²) in [7, 11) is 1.76. The fraction of sp³-hybridized carbons (Fsp3) is 0.208. The standard InChI is InChI=1S/C24H23ClN4O2S/c1-16-10-11-17(2)21(13-16)29-23(19-8-4-5-9-20(19)25)26-27-24(29)32-15-22(30)28(3)14-18-7-6-12-31-18/h4-13H,14-15H2,1-3H3. The number of aryl methyl sites for hydroxylation is 2. The number of hydrogen-bond donors (Lipinski definition) is 0. The number of carbonyl (C=O) groups is 1. The molecule has 0 saturated heterocycles. The predicted octanol–water partition coefficient (Wildman–Crippen LogP) is 5.55. The van der Waals surface area contributed by atoms with Crippen molar-refractivity contribution in [1.82, 2.24) is 19.7 Å². The first-order chi connectivity index (χ1) is 15.4. The first-order valence-corrected chi connectivity index (χ1v) is 11.5. The molecule has 0 aliphatic heterocycles. The minimum absolute atomic E-state index is 0.0267. The highest BCUT2D eigenvalue weighted by atomic mass is 35.5. The first kappa shape index (κ1) is 22.2. The fourth-order valence-electron chi connectivity index (χ4n) is 3.32. The fourth-order valence-corrected chi connectivity index (χ4v) is 4.42. The Balaban J connectivity index is 1.66. The van der Waals surface area contributed by atoms with Crippen LogP contribution < -0.4 is 0 Å². The lowest BCUT2D eigenvalue weighted by molar-refractivity contribution is -0.127. The molecule has 4 rings (SSSR count). The summed E-state index contributed by atoms with van der Waals surface area (Å²) in [5.41, 5.74) is 3.95. The van der Waals surface area contributed by atoms with Crippen molar-refractivity contribution < 1.29 is 9.21 Å². The van der Waals surface area contributed by atoms with Crippen molar-refractivity contribution >= 4 is 29.3 Å². The number of furan rings is 1. The number of halogens is 1. The lowest BCUT2D eigenvalue weighted by Crippen LogP contribution is -2.27. The summed E-state index contributed by atoms with van der Waals surface area (Å²) in [6.45, 7) is 4.51. The van der Waals surface area contributed by atoms with Crippen LogP contribution in [0.5, 0.6) is 0 Å². The van der Waals surface area contributed by atoms with E-state index in [-0.39, 0.29) is 11.7 Å². The highest BCUT2D eigenvalue weighted by Crippen LogP contribution is 2.33. The average Bonchev–Trinajstić information content (AvgIpc) is 3.44. The van der Waals surface area contributed by atoms with Gasteiger partial charge in [0.1, 0.15) is 5.76 Å². The SMILES string of the molecule is Cc1ccc(C)c(-n2c(SCC(=O)N(C)Cc3ccco3)nnc2-c2ccccc2Cl)c1. The molecule has 2 aromatic carbocycles. The van der Waals surface area contributed by atoms with E-state index in [1.165, 1.54) is 11.8 Å². The molecule has 0 bridgehead atoms. The molecule has 2 aromatic heterocycles. The summed E-state index contributed by atoms with van der Waals surface area (Å²) in [5, 5.41) is 10.1. The molecule has 1 amide bonds. The third kappa shape index (κ3) is 4.74. The van der Waals surface area contributed by atoms with Crippen LogP contribution in [0.1, 0.15) is 16.9 Å². The van der Waals surface area contributed by atoms with Crippen molar-refractivity contribution in [2.24, 2.45) is 0 Å². The Hall–Kier alpha value is -3.03. The lowest BCUT2D eigenvalue weighted by atomic mass is 10.1. The number of benzene rings is 2. The summed E-state index contributed by atoms with van der Waals surface area (Å²) >= 11 is 7.83. The zero-order valence-electron chi connectivity index (χ0n) is 18.1. The van der Waals surface area contributed by atoms with Gasteiger partial charge in [-0.1, -0.05) is 47.6 Å². The van der Waals surface area contributed by atoms with Crippen molar-refractivity contribution in [3.05, 3.63) is 82.8 Å². The first-order valence-electron chi connectivity index (χ1n) is 10.1. The molecule has 0 saturated carbocycles. The van der Waals surface area contributed by atoms with E-state index in [1.807, 2.05) is 54.8 Å².